The van der Waals surface area contributed by atoms with Gasteiger partial charge in [0, 0.05) is 44.0 Å². The first kappa shape index (κ1) is 18.5. The third-order valence-corrected chi connectivity index (χ3v) is 5.27. The third-order valence-electron chi connectivity index (χ3n) is 5.27. The van der Waals surface area contributed by atoms with Gasteiger partial charge in [-0.25, -0.2) is 0 Å². The van der Waals surface area contributed by atoms with E-state index in [-0.39, 0.29) is 11.8 Å². The number of para-hydroxylation sites is 1. The van der Waals surface area contributed by atoms with Crippen LogP contribution in [0.1, 0.15) is 28.8 Å². The van der Waals surface area contributed by atoms with E-state index in [1.54, 1.807) is 0 Å². The fraction of sp³-hybridized carbons (Fsp3) is 0.364. The molecule has 0 atom stereocenters. The average molecular weight is 379 g/mol. The molecule has 6 nitrogen and oxygen atoms in total. The van der Waals surface area contributed by atoms with Gasteiger partial charge < -0.3 is 19.9 Å². The van der Waals surface area contributed by atoms with Crippen molar-refractivity contribution < 1.29 is 14.3 Å². The minimum absolute atomic E-state index is 0.0825. The Morgan fingerprint density at radius 2 is 1.75 bits per heavy atom. The van der Waals surface area contributed by atoms with Crippen molar-refractivity contribution in [3.05, 3.63) is 59.7 Å². The second kappa shape index (κ2) is 8.44. The van der Waals surface area contributed by atoms with Gasteiger partial charge in [0.05, 0.1) is 18.8 Å². The molecule has 2 heterocycles. The highest BCUT2D eigenvalue weighted by Gasteiger charge is 2.21. The third kappa shape index (κ3) is 4.02. The number of rotatable bonds is 5. The van der Waals surface area contributed by atoms with Crippen molar-refractivity contribution in [2.24, 2.45) is 0 Å². The Bertz CT molecular complexity index is 844. The van der Waals surface area contributed by atoms with E-state index in [0.29, 0.717) is 31.7 Å². The van der Waals surface area contributed by atoms with Crippen LogP contribution >= 0.6 is 0 Å². The highest BCUT2D eigenvalue weighted by Crippen LogP contribution is 2.23. The molecular weight excluding hydrogens is 354 g/mol. The lowest BCUT2D eigenvalue weighted by Crippen LogP contribution is -2.37. The van der Waals surface area contributed by atoms with Gasteiger partial charge in [0.15, 0.2) is 0 Å². The molecule has 146 valence electrons. The van der Waals surface area contributed by atoms with Crippen LogP contribution in [0.3, 0.4) is 0 Å². The monoisotopic (exact) mass is 379 g/mol. The first-order chi connectivity index (χ1) is 13.7. The smallest absolute Gasteiger partial charge is 0.253 e. The highest BCUT2D eigenvalue weighted by molar-refractivity contribution is 5.99. The maximum absolute atomic E-state index is 12.8. The van der Waals surface area contributed by atoms with Crippen LogP contribution in [0.4, 0.5) is 11.4 Å². The predicted molar refractivity (Wildman–Crippen MR) is 109 cm³/mol. The Labute approximate surface area is 165 Å². The van der Waals surface area contributed by atoms with E-state index in [1.165, 1.54) is 0 Å². The quantitative estimate of drug-likeness (QED) is 0.867. The summed E-state index contributed by atoms with van der Waals surface area (Å²) in [7, 11) is 0. The molecule has 2 amide bonds. The molecule has 6 heteroatoms. The number of nitrogens with one attached hydrogen (secondary N) is 1. The highest BCUT2D eigenvalue weighted by atomic mass is 16.5. The molecule has 0 aromatic heterocycles. The molecule has 0 spiro atoms. The van der Waals surface area contributed by atoms with Crippen LogP contribution in [-0.2, 0) is 16.1 Å². The van der Waals surface area contributed by atoms with E-state index in [1.807, 2.05) is 53.4 Å². The number of carbonyl (C=O) groups excluding carboxylic acids is 2. The normalized spacial score (nSPS) is 17.1. The lowest BCUT2D eigenvalue weighted by Gasteiger charge is -2.30. The van der Waals surface area contributed by atoms with Crippen LogP contribution in [0.15, 0.2) is 48.5 Å². The fourth-order valence-electron chi connectivity index (χ4n) is 3.74. The number of hydrogen-bond acceptors (Lipinski definition) is 4. The second-order valence-corrected chi connectivity index (χ2v) is 7.11. The van der Waals surface area contributed by atoms with Gasteiger partial charge in [0.1, 0.15) is 0 Å². The average Bonchev–Trinajstić information content (AvgIpc) is 3.19. The summed E-state index contributed by atoms with van der Waals surface area (Å²) >= 11 is 0. The molecule has 0 bridgehead atoms. The van der Waals surface area contributed by atoms with E-state index in [4.69, 9.17) is 4.74 Å². The Kier molecular flexibility index (Phi) is 5.58. The Balaban J connectivity index is 1.40. The SMILES string of the molecule is O=C(NCc1ccc(N2CCCC2=O)cc1)c1ccccc1N1CCOCC1. The Morgan fingerprint density at radius 1 is 1.00 bits per heavy atom. The number of nitrogens with zero attached hydrogens (tertiary/aromatic N) is 2. The number of amides is 2. The molecule has 2 aliphatic rings. The largest absolute Gasteiger partial charge is 0.378 e. The molecule has 2 aromatic carbocycles. The van der Waals surface area contributed by atoms with Gasteiger partial charge in [0.2, 0.25) is 5.91 Å². The summed E-state index contributed by atoms with van der Waals surface area (Å²) in [6.07, 6.45) is 1.54. The lowest BCUT2D eigenvalue weighted by atomic mass is 10.1. The van der Waals surface area contributed by atoms with Crippen LogP contribution in [0.25, 0.3) is 0 Å². The minimum Gasteiger partial charge on any atom is -0.378 e. The van der Waals surface area contributed by atoms with Gasteiger partial charge in [0.25, 0.3) is 5.91 Å². The van der Waals surface area contributed by atoms with E-state index in [2.05, 4.69) is 10.2 Å². The molecule has 0 unspecified atom stereocenters. The van der Waals surface area contributed by atoms with Gasteiger partial charge in [-0.1, -0.05) is 24.3 Å². The number of anilines is 2. The van der Waals surface area contributed by atoms with Gasteiger partial charge >= 0.3 is 0 Å². The summed E-state index contributed by atoms with van der Waals surface area (Å²) in [5.74, 6) is 0.0988. The maximum Gasteiger partial charge on any atom is 0.253 e. The van der Waals surface area contributed by atoms with Crippen LogP contribution < -0.4 is 15.1 Å². The summed E-state index contributed by atoms with van der Waals surface area (Å²) in [4.78, 5) is 28.6. The molecule has 2 aliphatic heterocycles. The van der Waals surface area contributed by atoms with E-state index in [0.717, 1.165) is 43.0 Å². The number of ether oxygens (including phenoxy) is 1. The molecule has 0 saturated carbocycles. The van der Waals surface area contributed by atoms with Gasteiger partial charge in [-0.3, -0.25) is 9.59 Å². The molecule has 28 heavy (non-hydrogen) atoms. The summed E-state index contributed by atoms with van der Waals surface area (Å²) in [5, 5.41) is 3.02. The molecule has 4 rings (SSSR count). The molecule has 2 fully saturated rings. The summed E-state index contributed by atoms with van der Waals surface area (Å²) in [6, 6.07) is 15.5. The summed E-state index contributed by atoms with van der Waals surface area (Å²) in [5.41, 5.74) is 3.57. The zero-order valence-electron chi connectivity index (χ0n) is 15.9. The molecule has 0 aliphatic carbocycles. The van der Waals surface area contributed by atoms with Crippen molar-refractivity contribution >= 4 is 23.2 Å². The molecular formula is C22H25N3O3. The number of hydrogen-bond donors (Lipinski definition) is 1. The lowest BCUT2D eigenvalue weighted by molar-refractivity contribution is -0.117. The molecule has 1 N–H and O–H groups in total. The summed E-state index contributed by atoms with van der Waals surface area (Å²) < 4.78 is 5.41. The fourth-order valence-corrected chi connectivity index (χ4v) is 3.74. The number of benzene rings is 2. The zero-order chi connectivity index (χ0) is 19.3. The zero-order valence-corrected chi connectivity index (χ0v) is 15.9. The first-order valence-electron chi connectivity index (χ1n) is 9.81. The van der Waals surface area contributed by atoms with Crippen molar-refractivity contribution in [3.8, 4) is 0 Å². The first-order valence-corrected chi connectivity index (χ1v) is 9.81. The van der Waals surface area contributed by atoms with Crippen LogP contribution in [0, 0.1) is 0 Å². The topological polar surface area (TPSA) is 61.9 Å². The summed E-state index contributed by atoms with van der Waals surface area (Å²) in [6.45, 7) is 4.18. The van der Waals surface area contributed by atoms with E-state index >= 15 is 0 Å². The molecule has 0 radical (unpaired) electrons. The standard InChI is InChI=1S/C22H25N3O3/c26-21-6-3-11-25(21)18-9-7-17(8-10-18)16-23-22(27)19-4-1-2-5-20(19)24-12-14-28-15-13-24/h1-2,4-5,7-10H,3,6,11-16H2,(H,23,27). The van der Waals surface area contributed by atoms with Crippen LogP contribution in [-0.4, -0.2) is 44.7 Å². The van der Waals surface area contributed by atoms with E-state index < -0.39 is 0 Å². The van der Waals surface area contributed by atoms with Crippen LogP contribution in [0.2, 0.25) is 0 Å². The van der Waals surface area contributed by atoms with Gasteiger partial charge in [-0.15, -0.1) is 0 Å². The van der Waals surface area contributed by atoms with Crippen molar-refractivity contribution in [1.82, 2.24) is 5.32 Å². The number of morpholine rings is 1. The minimum atomic E-state index is -0.0825. The Hall–Kier alpha value is -2.86. The predicted octanol–water partition coefficient (Wildman–Crippen LogP) is 2.58. The maximum atomic E-state index is 12.8. The van der Waals surface area contributed by atoms with Gasteiger partial charge in [-0.2, -0.15) is 0 Å². The van der Waals surface area contributed by atoms with Crippen molar-refractivity contribution in [2.75, 3.05) is 42.6 Å². The van der Waals surface area contributed by atoms with Gasteiger partial charge in [-0.05, 0) is 36.2 Å². The second-order valence-electron chi connectivity index (χ2n) is 7.11. The molecule has 2 aromatic rings. The Morgan fingerprint density at radius 3 is 2.46 bits per heavy atom. The van der Waals surface area contributed by atoms with Crippen molar-refractivity contribution in [1.29, 1.82) is 0 Å². The molecule has 2 saturated heterocycles. The number of carbonyl (C=O) groups is 2. The van der Waals surface area contributed by atoms with Crippen LogP contribution in [0.5, 0.6) is 0 Å². The van der Waals surface area contributed by atoms with Crippen molar-refractivity contribution in [2.45, 2.75) is 19.4 Å². The van der Waals surface area contributed by atoms with E-state index in [9.17, 15) is 9.59 Å². The van der Waals surface area contributed by atoms with Crippen molar-refractivity contribution in [3.63, 3.8) is 0 Å².